The zero-order chi connectivity index (χ0) is 12.6. The van der Waals surface area contributed by atoms with Crippen LogP contribution in [0.15, 0.2) is 18.2 Å². The Kier molecular flexibility index (Phi) is 2.66. The molecule has 1 heterocycles. The van der Waals surface area contributed by atoms with Gasteiger partial charge in [0.1, 0.15) is 5.75 Å². The first-order valence-electron chi connectivity index (χ1n) is 4.62. The van der Waals surface area contributed by atoms with Gasteiger partial charge in [-0.2, -0.15) is 13.9 Å². The van der Waals surface area contributed by atoms with E-state index in [1.165, 1.54) is 25.3 Å². The molecule has 0 bridgehead atoms. The number of aromatic carboxylic acids is 1. The fourth-order valence-corrected chi connectivity index (χ4v) is 1.55. The maximum absolute atomic E-state index is 12.7. The van der Waals surface area contributed by atoms with Gasteiger partial charge in [-0.25, -0.2) is 9.48 Å². The van der Waals surface area contributed by atoms with Crippen LogP contribution in [-0.4, -0.2) is 28.0 Å². The van der Waals surface area contributed by atoms with Gasteiger partial charge >= 0.3 is 12.5 Å². The molecule has 2 aromatic rings. The smallest absolute Gasteiger partial charge is 0.357 e. The lowest BCUT2D eigenvalue weighted by atomic mass is 10.2. The molecule has 2 rings (SSSR count). The highest BCUT2D eigenvalue weighted by molar-refractivity contribution is 6.01. The highest BCUT2D eigenvalue weighted by Crippen LogP contribution is 2.27. The van der Waals surface area contributed by atoms with Crippen molar-refractivity contribution < 1.29 is 23.4 Å². The summed E-state index contributed by atoms with van der Waals surface area (Å²) >= 11 is 0. The molecule has 0 aliphatic rings. The third-order valence-electron chi connectivity index (χ3n) is 2.30. The number of ether oxygens (including phenoxy) is 1. The minimum Gasteiger partial charge on any atom is -0.497 e. The molecule has 17 heavy (non-hydrogen) atoms. The van der Waals surface area contributed by atoms with Gasteiger partial charge in [0.15, 0.2) is 5.69 Å². The molecular formula is C10H8F2N2O3. The van der Waals surface area contributed by atoms with Crippen molar-refractivity contribution in [3.05, 3.63) is 23.9 Å². The van der Waals surface area contributed by atoms with E-state index in [1.54, 1.807) is 0 Å². The van der Waals surface area contributed by atoms with Gasteiger partial charge in [0.2, 0.25) is 0 Å². The molecule has 0 atom stereocenters. The van der Waals surface area contributed by atoms with Crippen LogP contribution in [0.4, 0.5) is 8.78 Å². The number of benzene rings is 1. The Morgan fingerprint density at radius 2 is 2.24 bits per heavy atom. The van der Waals surface area contributed by atoms with Crippen molar-refractivity contribution in [2.24, 2.45) is 0 Å². The van der Waals surface area contributed by atoms with Crippen LogP contribution in [-0.2, 0) is 0 Å². The van der Waals surface area contributed by atoms with Crippen LogP contribution in [0.25, 0.3) is 10.9 Å². The van der Waals surface area contributed by atoms with E-state index >= 15 is 0 Å². The number of carbonyl (C=O) groups is 1. The zero-order valence-electron chi connectivity index (χ0n) is 8.72. The van der Waals surface area contributed by atoms with Crippen LogP contribution in [0.2, 0.25) is 0 Å². The Labute approximate surface area is 94.2 Å². The number of methoxy groups -OCH3 is 1. The third kappa shape index (κ3) is 1.79. The second kappa shape index (κ2) is 4.00. The second-order valence-corrected chi connectivity index (χ2v) is 3.26. The first kappa shape index (κ1) is 11.3. The number of fused-ring (bicyclic) bond motifs is 1. The summed E-state index contributed by atoms with van der Waals surface area (Å²) in [6.45, 7) is -2.90. The minimum absolute atomic E-state index is 0.0248. The van der Waals surface area contributed by atoms with Crippen molar-refractivity contribution >= 4 is 16.9 Å². The molecule has 0 saturated heterocycles. The summed E-state index contributed by atoms with van der Waals surface area (Å²) in [4.78, 5) is 10.9. The average Bonchev–Trinajstić information content (AvgIpc) is 2.67. The molecule has 0 radical (unpaired) electrons. The molecule has 5 nitrogen and oxygen atoms in total. The first-order chi connectivity index (χ1) is 8.04. The first-order valence-corrected chi connectivity index (χ1v) is 4.62. The maximum Gasteiger partial charge on any atom is 0.357 e. The predicted octanol–water partition coefficient (Wildman–Crippen LogP) is 2.14. The Hall–Kier alpha value is -2.18. The summed E-state index contributed by atoms with van der Waals surface area (Å²) in [7, 11) is 1.39. The minimum atomic E-state index is -2.90. The van der Waals surface area contributed by atoms with Crippen LogP contribution in [0.5, 0.6) is 5.75 Å². The topological polar surface area (TPSA) is 64.3 Å². The van der Waals surface area contributed by atoms with Crippen molar-refractivity contribution in [2.45, 2.75) is 6.55 Å². The number of alkyl halides is 2. The molecule has 0 fully saturated rings. The van der Waals surface area contributed by atoms with E-state index in [2.05, 4.69) is 5.10 Å². The molecular weight excluding hydrogens is 234 g/mol. The monoisotopic (exact) mass is 242 g/mol. The fourth-order valence-electron chi connectivity index (χ4n) is 1.55. The van der Waals surface area contributed by atoms with Crippen molar-refractivity contribution in [3.63, 3.8) is 0 Å². The number of nitrogens with zero attached hydrogens (tertiary/aromatic N) is 2. The summed E-state index contributed by atoms with van der Waals surface area (Å²) in [6.07, 6.45) is 0. The largest absolute Gasteiger partial charge is 0.497 e. The maximum atomic E-state index is 12.7. The van der Waals surface area contributed by atoms with Crippen molar-refractivity contribution in [1.82, 2.24) is 9.78 Å². The van der Waals surface area contributed by atoms with Crippen molar-refractivity contribution in [3.8, 4) is 5.75 Å². The normalized spacial score (nSPS) is 11.1. The number of carboxylic acid groups (broad SMARTS) is 1. The number of rotatable bonds is 3. The summed E-state index contributed by atoms with van der Waals surface area (Å²) < 4.78 is 30.6. The van der Waals surface area contributed by atoms with Gasteiger partial charge < -0.3 is 9.84 Å². The molecule has 0 spiro atoms. The molecule has 0 aliphatic carbocycles. The lowest BCUT2D eigenvalue weighted by Crippen LogP contribution is -2.03. The average molecular weight is 242 g/mol. The van der Waals surface area contributed by atoms with Crippen LogP contribution < -0.4 is 4.74 Å². The van der Waals surface area contributed by atoms with E-state index in [9.17, 15) is 13.6 Å². The summed E-state index contributed by atoms with van der Waals surface area (Å²) in [6, 6.07) is 4.21. The molecule has 0 saturated carbocycles. The van der Waals surface area contributed by atoms with Gasteiger partial charge in [-0.05, 0) is 12.1 Å². The van der Waals surface area contributed by atoms with Crippen molar-refractivity contribution in [1.29, 1.82) is 0 Å². The van der Waals surface area contributed by atoms with E-state index in [4.69, 9.17) is 9.84 Å². The zero-order valence-corrected chi connectivity index (χ0v) is 8.72. The van der Waals surface area contributed by atoms with E-state index in [1.807, 2.05) is 0 Å². The number of hydrogen-bond donors (Lipinski definition) is 1. The SMILES string of the molecule is COc1ccc2c(C(=O)O)nn(C(F)F)c2c1. The molecule has 90 valence electrons. The number of hydrogen-bond acceptors (Lipinski definition) is 3. The highest BCUT2D eigenvalue weighted by atomic mass is 19.3. The van der Waals surface area contributed by atoms with Crippen LogP contribution >= 0.6 is 0 Å². The molecule has 1 aromatic heterocycles. The van der Waals surface area contributed by atoms with Gasteiger partial charge in [0, 0.05) is 11.5 Å². The summed E-state index contributed by atoms with van der Waals surface area (Å²) in [5.41, 5.74) is -0.375. The van der Waals surface area contributed by atoms with Gasteiger partial charge in [-0.3, -0.25) is 0 Å². The van der Waals surface area contributed by atoms with Gasteiger partial charge in [0.05, 0.1) is 12.6 Å². The Balaban J connectivity index is 2.76. The van der Waals surface area contributed by atoms with E-state index in [0.717, 1.165) is 0 Å². The summed E-state index contributed by atoms with van der Waals surface area (Å²) in [5, 5.41) is 12.4. The number of aromatic nitrogens is 2. The van der Waals surface area contributed by atoms with Gasteiger partial charge in [-0.1, -0.05) is 0 Å². The van der Waals surface area contributed by atoms with E-state index in [0.29, 0.717) is 10.4 Å². The lowest BCUT2D eigenvalue weighted by Gasteiger charge is -2.02. The van der Waals surface area contributed by atoms with E-state index < -0.39 is 18.2 Å². The number of carboxylic acids is 1. The standard InChI is InChI=1S/C10H8F2N2O3/c1-17-5-2-3-6-7(4-5)14(10(11)12)13-8(6)9(15)16/h2-4,10H,1H3,(H,15,16). The lowest BCUT2D eigenvalue weighted by molar-refractivity contribution is 0.0585. The van der Waals surface area contributed by atoms with Gasteiger partial charge in [-0.15, -0.1) is 0 Å². The van der Waals surface area contributed by atoms with Gasteiger partial charge in [0.25, 0.3) is 0 Å². The number of halogens is 2. The molecule has 0 amide bonds. The predicted molar refractivity (Wildman–Crippen MR) is 54.5 cm³/mol. The Bertz CT molecular complexity index is 580. The fraction of sp³-hybridized carbons (Fsp3) is 0.200. The quantitative estimate of drug-likeness (QED) is 0.895. The van der Waals surface area contributed by atoms with Crippen LogP contribution in [0.1, 0.15) is 17.0 Å². The summed E-state index contributed by atoms with van der Waals surface area (Å²) in [5.74, 6) is -0.990. The molecule has 0 aliphatic heterocycles. The van der Waals surface area contributed by atoms with Crippen LogP contribution in [0, 0.1) is 0 Å². The second-order valence-electron chi connectivity index (χ2n) is 3.26. The molecule has 7 heteroatoms. The molecule has 0 unspecified atom stereocenters. The Morgan fingerprint density at radius 3 is 2.76 bits per heavy atom. The van der Waals surface area contributed by atoms with Crippen LogP contribution in [0.3, 0.4) is 0 Å². The third-order valence-corrected chi connectivity index (χ3v) is 2.30. The van der Waals surface area contributed by atoms with Crippen molar-refractivity contribution in [2.75, 3.05) is 7.11 Å². The highest BCUT2D eigenvalue weighted by Gasteiger charge is 2.20. The molecule has 1 aromatic carbocycles. The Morgan fingerprint density at radius 1 is 1.53 bits per heavy atom. The molecule has 1 N–H and O–H groups in total. The van der Waals surface area contributed by atoms with E-state index in [-0.39, 0.29) is 10.9 Å².